The fourth-order valence-electron chi connectivity index (χ4n) is 4.64. The molecule has 4 aromatic rings. The summed E-state index contributed by atoms with van der Waals surface area (Å²) in [5.41, 5.74) is 8.07. The summed E-state index contributed by atoms with van der Waals surface area (Å²) in [6.45, 7) is 9.04. The van der Waals surface area contributed by atoms with Gasteiger partial charge in [0, 0.05) is 5.56 Å². The van der Waals surface area contributed by atoms with E-state index in [-0.39, 0.29) is 18.6 Å². The van der Waals surface area contributed by atoms with Gasteiger partial charge < -0.3 is 24.1 Å². The minimum absolute atomic E-state index is 0.0379. The molecule has 0 amide bonds. The van der Waals surface area contributed by atoms with Crippen LogP contribution in [0, 0.1) is 27.7 Å². The summed E-state index contributed by atoms with van der Waals surface area (Å²) in [4.78, 5) is 34.0. The van der Waals surface area contributed by atoms with Gasteiger partial charge in [-0.05, 0) is 90.9 Å². The summed E-state index contributed by atoms with van der Waals surface area (Å²) in [5.74, 6) is 0.0599. The molecule has 45 heavy (non-hydrogen) atoms. The number of ether oxygens (including phenoxy) is 4. The van der Waals surface area contributed by atoms with E-state index in [0.29, 0.717) is 41.6 Å². The highest BCUT2D eigenvalue weighted by atomic mass is 16.5. The largest absolute Gasteiger partial charge is 0.493 e. The highest BCUT2D eigenvalue weighted by Crippen LogP contribution is 2.30. The van der Waals surface area contributed by atoms with Crippen molar-refractivity contribution in [2.45, 2.75) is 53.8 Å². The molecule has 0 fully saturated rings. The number of carboxylic acids is 1. The van der Waals surface area contributed by atoms with Gasteiger partial charge in [0.05, 0.1) is 20.6 Å². The molecule has 4 rings (SSSR count). The molecule has 0 aromatic heterocycles. The number of esters is 1. The molecule has 8 nitrogen and oxygen atoms in total. The molecular weight excluding hydrogens is 572 g/mol. The van der Waals surface area contributed by atoms with E-state index in [4.69, 9.17) is 19.3 Å². The SMILES string of the molecule is COC(=O)CC(=O)c1cccc(OCc2c(C)cccc2C)c1.COc1ccc(CC(=O)O)cc1OCc1c(C)cccc1C. The number of carbonyl (C=O) groups excluding carboxylic acids is 2. The number of methoxy groups -OCH3 is 2. The summed E-state index contributed by atoms with van der Waals surface area (Å²) in [6.07, 6.45) is -0.305. The number of Topliss-reactive ketones (excluding diaryl/α,β-unsaturated/α-hetero) is 1. The Morgan fingerprint density at radius 3 is 1.76 bits per heavy atom. The van der Waals surface area contributed by atoms with Crippen LogP contribution in [0.25, 0.3) is 0 Å². The first kappa shape index (κ1) is 34.4. The number of hydrogen-bond acceptors (Lipinski definition) is 7. The maximum Gasteiger partial charge on any atom is 0.313 e. The predicted molar refractivity (Wildman–Crippen MR) is 172 cm³/mol. The highest BCUT2D eigenvalue weighted by molar-refractivity contribution is 6.06. The second kappa shape index (κ2) is 16.7. The van der Waals surface area contributed by atoms with E-state index >= 15 is 0 Å². The van der Waals surface area contributed by atoms with Gasteiger partial charge in [0.25, 0.3) is 0 Å². The Labute approximate surface area is 264 Å². The van der Waals surface area contributed by atoms with Crippen molar-refractivity contribution in [1.82, 2.24) is 0 Å². The van der Waals surface area contributed by atoms with Gasteiger partial charge in [-0.2, -0.15) is 0 Å². The molecule has 0 aliphatic rings. The van der Waals surface area contributed by atoms with Gasteiger partial charge in [-0.15, -0.1) is 0 Å². The number of aryl methyl sites for hydroxylation is 4. The average molecular weight is 613 g/mol. The molecule has 0 saturated carbocycles. The Balaban J connectivity index is 0.000000246. The molecule has 0 radical (unpaired) electrons. The third-order valence-electron chi connectivity index (χ3n) is 7.32. The lowest BCUT2D eigenvalue weighted by molar-refractivity contribution is -0.139. The molecule has 0 spiro atoms. The Hall–Kier alpha value is -5.11. The summed E-state index contributed by atoms with van der Waals surface area (Å²) < 4.78 is 21.5. The van der Waals surface area contributed by atoms with Gasteiger partial charge in [0.15, 0.2) is 17.3 Å². The van der Waals surface area contributed by atoms with Crippen molar-refractivity contribution in [1.29, 1.82) is 0 Å². The van der Waals surface area contributed by atoms with Crippen molar-refractivity contribution in [3.63, 3.8) is 0 Å². The monoisotopic (exact) mass is 612 g/mol. The normalized spacial score (nSPS) is 10.3. The number of carboxylic acid groups (broad SMARTS) is 1. The van der Waals surface area contributed by atoms with Crippen molar-refractivity contribution < 1.29 is 38.4 Å². The minimum atomic E-state index is -0.870. The molecular formula is C37H40O8. The summed E-state index contributed by atoms with van der Waals surface area (Å²) >= 11 is 0. The number of carbonyl (C=O) groups is 3. The summed E-state index contributed by atoms with van der Waals surface area (Å²) in [5, 5.41) is 8.89. The van der Waals surface area contributed by atoms with Crippen LogP contribution in [0.4, 0.5) is 0 Å². The lowest BCUT2D eigenvalue weighted by atomic mass is 10.0. The van der Waals surface area contributed by atoms with Crippen LogP contribution in [-0.4, -0.2) is 37.0 Å². The third kappa shape index (κ3) is 10.2. The highest BCUT2D eigenvalue weighted by Gasteiger charge is 2.13. The van der Waals surface area contributed by atoms with Crippen LogP contribution < -0.4 is 14.2 Å². The molecule has 0 saturated heterocycles. The van der Waals surface area contributed by atoms with E-state index < -0.39 is 11.9 Å². The fourth-order valence-corrected chi connectivity index (χ4v) is 4.64. The molecule has 8 heteroatoms. The second-order valence-corrected chi connectivity index (χ2v) is 10.6. The molecule has 0 unspecified atom stereocenters. The van der Waals surface area contributed by atoms with E-state index in [2.05, 4.69) is 4.74 Å². The molecule has 0 bridgehead atoms. The topological polar surface area (TPSA) is 108 Å². The first-order valence-corrected chi connectivity index (χ1v) is 14.5. The van der Waals surface area contributed by atoms with Crippen molar-refractivity contribution in [3.05, 3.63) is 123 Å². The van der Waals surface area contributed by atoms with Crippen LogP contribution in [0.5, 0.6) is 17.2 Å². The zero-order valence-corrected chi connectivity index (χ0v) is 26.6. The maximum absolute atomic E-state index is 12.0. The lowest BCUT2D eigenvalue weighted by Gasteiger charge is -2.14. The molecule has 0 heterocycles. The van der Waals surface area contributed by atoms with Gasteiger partial charge >= 0.3 is 11.9 Å². The van der Waals surface area contributed by atoms with Crippen LogP contribution in [0.15, 0.2) is 78.9 Å². The predicted octanol–water partition coefficient (Wildman–Crippen LogP) is 7.15. The van der Waals surface area contributed by atoms with Gasteiger partial charge in [0.1, 0.15) is 25.4 Å². The molecule has 0 aliphatic heterocycles. The average Bonchev–Trinajstić information content (AvgIpc) is 3.01. The summed E-state index contributed by atoms with van der Waals surface area (Å²) in [7, 11) is 2.83. The summed E-state index contributed by atoms with van der Waals surface area (Å²) in [6, 6.07) is 24.3. The smallest absolute Gasteiger partial charge is 0.313 e. The first-order chi connectivity index (χ1) is 21.5. The van der Waals surface area contributed by atoms with E-state index in [1.807, 2.05) is 64.1 Å². The molecule has 4 aromatic carbocycles. The lowest BCUT2D eigenvalue weighted by Crippen LogP contribution is -2.09. The molecule has 0 aliphatic carbocycles. The van der Waals surface area contributed by atoms with Gasteiger partial charge in [0.2, 0.25) is 0 Å². The van der Waals surface area contributed by atoms with Crippen molar-refractivity contribution >= 4 is 17.7 Å². The number of benzene rings is 4. The van der Waals surface area contributed by atoms with Crippen LogP contribution in [0.1, 0.15) is 55.7 Å². The molecule has 1 N–H and O–H groups in total. The van der Waals surface area contributed by atoms with Crippen LogP contribution in [0.2, 0.25) is 0 Å². The third-order valence-corrected chi connectivity index (χ3v) is 7.32. The number of hydrogen-bond donors (Lipinski definition) is 1. The maximum atomic E-state index is 12.0. The molecule has 236 valence electrons. The van der Waals surface area contributed by atoms with Crippen LogP contribution >= 0.6 is 0 Å². The Morgan fingerprint density at radius 1 is 0.667 bits per heavy atom. The minimum Gasteiger partial charge on any atom is -0.493 e. The van der Waals surface area contributed by atoms with Gasteiger partial charge in [-0.25, -0.2) is 0 Å². The quantitative estimate of drug-likeness (QED) is 0.102. The van der Waals surface area contributed by atoms with Crippen molar-refractivity contribution in [2.24, 2.45) is 0 Å². The van der Waals surface area contributed by atoms with Gasteiger partial charge in [-0.1, -0.05) is 54.6 Å². The standard InChI is InChI=1S/C19H20O4.C18H20O4/c1-13-6-4-7-14(2)17(13)12-23-16-9-5-8-15(10-16)18(20)11-19(21)22-3;1-12-5-4-6-13(2)15(12)11-22-17-9-14(10-18(19)20)7-8-16(17)21-3/h4-10H,11-12H2,1-3H3;4-9H,10-11H2,1-3H3,(H,19,20). The Kier molecular flexibility index (Phi) is 12.7. The number of ketones is 1. The van der Waals surface area contributed by atoms with Crippen LogP contribution in [0.3, 0.4) is 0 Å². The van der Waals surface area contributed by atoms with Gasteiger partial charge in [-0.3, -0.25) is 14.4 Å². The van der Waals surface area contributed by atoms with E-state index in [0.717, 1.165) is 11.1 Å². The molecule has 0 atom stereocenters. The Bertz CT molecular complexity index is 1600. The first-order valence-electron chi connectivity index (χ1n) is 14.5. The fraction of sp³-hybridized carbons (Fsp3) is 0.270. The van der Waals surface area contributed by atoms with E-state index in [9.17, 15) is 14.4 Å². The number of rotatable bonds is 12. The Morgan fingerprint density at radius 2 is 1.22 bits per heavy atom. The number of aliphatic carboxylic acids is 1. The zero-order valence-electron chi connectivity index (χ0n) is 26.6. The van der Waals surface area contributed by atoms with E-state index in [1.165, 1.54) is 29.4 Å². The van der Waals surface area contributed by atoms with E-state index in [1.54, 1.807) is 49.6 Å². The second-order valence-electron chi connectivity index (χ2n) is 10.6. The zero-order chi connectivity index (χ0) is 32.9. The van der Waals surface area contributed by atoms with Crippen molar-refractivity contribution in [3.8, 4) is 17.2 Å². The van der Waals surface area contributed by atoms with Crippen molar-refractivity contribution in [2.75, 3.05) is 14.2 Å². The van der Waals surface area contributed by atoms with Crippen LogP contribution in [-0.2, 0) is 34.0 Å².